The second-order valence-corrected chi connectivity index (χ2v) is 4.30. The lowest BCUT2D eigenvalue weighted by Gasteiger charge is -2.18. The Balaban J connectivity index is 1.83. The van der Waals surface area contributed by atoms with Crippen LogP contribution >= 0.6 is 0 Å². The molecule has 1 aliphatic heterocycles. The molecule has 0 radical (unpaired) electrons. The zero-order valence-electron chi connectivity index (χ0n) is 8.18. The molecular formula is C10H15N3O. The van der Waals surface area contributed by atoms with Gasteiger partial charge < -0.3 is 5.10 Å². The highest BCUT2D eigenvalue weighted by molar-refractivity contribution is 5.19. The zero-order chi connectivity index (χ0) is 9.54. The van der Waals surface area contributed by atoms with Gasteiger partial charge in [-0.1, -0.05) is 0 Å². The Hall–Kier alpha value is -1.03. The van der Waals surface area contributed by atoms with E-state index in [2.05, 4.69) is 15.1 Å². The van der Waals surface area contributed by atoms with Gasteiger partial charge in [0.15, 0.2) is 0 Å². The Morgan fingerprint density at radius 1 is 1.14 bits per heavy atom. The SMILES string of the molecule is O=c1[nH][nH]c2c1CCN(C1CC1)CC2. The van der Waals surface area contributed by atoms with Gasteiger partial charge in [0.25, 0.3) is 5.56 Å². The molecule has 76 valence electrons. The molecule has 0 saturated heterocycles. The minimum atomic E-state index is 0.0812. The Morgan fingerprint density at radius 3 is 2.71 bits per heavy atom. The zero-order valence-corrected chi connectivity index (χ0v) is 8.18. The van der Waals surface area contributed by atoms with Crippen LogP contribution in [0.4, 0.5) is 0 Å². The molecule has 1 aromatic rings. The van der Waals surface area contributed by atoms with E-state index < -0.39 is 0 Å². The quantitative estimate of drug-likeness (QED) is 0.672. The Kier molecular flexibility index (Phi) is 1.77. The topological polar surface area (TPSA) is 51.9 Å². The number of fused-ring (bicyclic) bond motifs is 1. The average Bonchev–Trinajstić information content (AvgIpc) is 2.97. The van der Waals surface area contributed by atoms with Crippen LogP contribution in [-0.2, 0) is 12.8 Å². The van der Waals surface area contributed by atoms with Crippen LogP contribution < -0.4 is 5.56 Å². The van der Waals surface area contributed by atoms with E-state index in [1.54, 1.807) is 0 Å². The number of H-pyrrole nitrogens is 2. The van der Waals surface area contributed by atoms with Crippen LogP contribution in [0.1, 0.15) is 24.1 Å². The Morgan fingerprint density at radius 2 is 1.93 bits per heavy atom. The van der Waals surface area contributed by atoms with Gasteiger partial charge in [0.1, 0.15) is 0 Å². The van der Waals surface area contributed by atoms with Gasteiger partial charge in [-0.25, -0.2) is 0 Å². The van der Waals surface area contributed by atoms with Crippen LogP contribution in [-0.4, -0.2) is 34.2 Å². The third kappa shape index (κ3) is 1.30. The summed E-state index contributed by atoms with van der Waals surface area (Å²) in [5.41, 5.74) is 2.18. The van der Waals surface area contributed by atoms with E-state index in [0.717, 1.165) is 43.2 Å². The first-order chi connectivity index (χ1) is 6.84. The van der Waals surface area contributed by atoms with Crippen LogP contribution in [0.3, 0.4) is 0 Å². The predicted octanol–water partition coefficient (Wildman–Crippen LogP) is 0.266. The Labute approximate surface area is 82.3 Å². The number of aromatic amines is 2. The molecule has 1 fully saturated rings. The molecule has 1 aromatic heterocycles. The fourth-order valence-electron chi connectivity index (χ4n) is 2.33. The van der Waals surface area contributed by atoms with Gasteiger partial charge in [-0.3, -0.25) is 14.8 Å². The van der Waals surface area contributed by atoms with Gasteiger partial charge in [-0.15, -0.1) is 0 Å². The summed E-state index contributed by atoms with van der Waals surface area (Å²) in [5, 5.41) is 5.65. The molecule has 3 rings (SSSR count). The maximum Gasteiger partial charge on any atom is 0.267 e. The van der Waals surface area contributed by atoms with E-state index in [-0.39, 0.29) is 5.56 Å². The van der Waals surface area contributed by atoms with Crippen molar-refractivity contribution in [1.29, 1.82) is 0 Å². The number of hydrogen-bond donors (Lipinski definition) is 2. The van der Waals surface area contributed by atoms with Gasteiger partial charge in [0.2, 0.25) is 0 Å². The summed E-state index contributed by atoms with van der Waals surface area (Å²) < 4.78 is 0. The first-order valence-corrected chi connectivity index (χ1v) is 5.37. The van der Waals surface area contributed by atoms with Gasteiger partial charge in [-0.05, 0) is 19.3 Å². The van der Waals surface area contributed by atoms with Crippen molar-refractivity contribution in [3.8, 4) is 0 Å². The highest BCUT2D eigenvalue weighted by atomic mass is 16.1. The second kappa shape index (κ2) is 2.98. The van der Waals surface area contributed by atoms with Crippen molar-refractivity contribution < 1.29 is 0 Å². The van der Waals surface area contributed by atoms with E-state index in [1.165, 1.54) is 12.8 Å². The summed E-state index contributed by atoms with van der Waals surface area (Å²) in [6, 6.07) is 0.818. The monoisotopic (exact) mass is 193 g/mol. The lowest BCUT2D eigenvalue weighted by molar-refractivity contribution is 0.276. The van der Waals surface area contributed by atoms with Crippen molar-refractivity contribution in [2.45, 2.75) is 31.7 Å². The molecule has 0 atom stereocenters. The van der Waals surface area contributed by atoms with Gasteiger partial charge >= 0.3 is 0 Å². The molecule has 14 heavy (non-hydrogen) atoms. The van der Waals surface area contributed by atoms with E-state index in [4.69, 9.17) is 0 Å². The Bertz CT molecular complexity index is 388. The summed E-state index contributed by atoms with van der Waals surface area (Å²) in [5.74, 6) is 0. The van der Waals surface area contributed by atoms with Crippen LogP contribution in [0.2, 0.25) is 0 Å². The molecule has 2 N–H and O–H groups in total. The molecule has 1 aliphatic carbocycles. The molecule has 0 unspecified atom stereocenters. The third-order valence-corrected chi connectivity index (χ3v) is 3.33. The van der Waals surface area contributed by atoms with Gasteiger partial charge in [0.05, 0.1) is 0 Å². The summed E-state index contributed by atoms with van der Waals surface area (Å²) >= 11 is 0. The first-order valence-electron chi connectivity index (χ1n) is 5.37. The van der Waals surface area contributed by atoms with Gasteiger partial charge in [0, 0.05) is 36.8 Å². The summed E-state index contributed by atoms with van der Waals surface area (Å²) in [6.45, 7) is 2.16. The average molecular weight is 193 g/mol. The second-order valence-electron chi connectivity index (χ2n) is 4.30. The molecule has 0 bridgehead atoms. The van der Waals surface area contributed by atoms with Crippen molar-refractivity contribution in [3.63, 3.8) is 0 Å². The number of aromatic nitrogens is 2. The van der Waals surface area contributed by atoms with Crippen molar-refractivity contribution >= 4 is 0 Å². The first kappa shape index (κ1) is 8.29. The molecule has 2 heterocycles. The third-order valence-electron chi connectivity index (χ3n) is 3.33. The van der Waals surface area contributed by atoms with E-state index in [9.17, 15) is 4.79 Å². The minimum Gasteiger partial charge on any atom is -0.302 e. The normalized spacial score (nSPS) is 23.1. The molecular weight excluding hydrogens is 178 g/mol. The highest BCUT2D eigenvalue weighted by Crippen LogP contribution is 2.28. The van der Waals surface area contributed by atoms with Crippen molar-refractivity contribution in [1.82, 2.24) is 15.1 Å². The maximum absolute atomic E-state index is 11.4. The van der Waals surface area contributed by atoms with Gasteiger partial charge in [-0.2, -0.15) is 0 Å². The number of nitrogens with zero attached hydrogens (tertiary/aromatic N) is 1. The fraction of sp³-hybridized carbons (Fsp3) is 0.700. The number of nitrogens with one attached hydrogen (secondary N) is 2. The molecule has 2 aliphatic rings. The smallest absolute Gasteiger partial charge is 0.267 e. The van der Waals surface area contributed by atoms with E-state index >= 15 is 0 Å². The van der Waals surface area contributed by atoms with Crippen LogP contribution in [0.15, 0.2) is 4.79 Å². The molecule has 1 saturated carbocycles. The van der Waals surface area contributed by atoms with Crippen molar-refractivity contribution in [3.05, 3.63) is 21.6 Å². The largest absolute Gasteiger partial charge is 0.302 e. The lowest BCUT2D eigenvalue weighted by Crippen LogP contribution is -2.29. The summed E-state index contributed by atoms with van der Waals surface area (Å²) in [6.07, 6.45) is 4.60. The summed E-state index contributed by atoms with van der Waals surface area (Å²) in [4.78, 5) is 13.9. The molecule has 4 nitrogen and oxygen atoms in total. The molecule has 4 heteroatoms. The molecule has 0 spiro atoms. The van der Waals surface area contributed by atoms with Crippen molar-refractivity contribution in [2.24, 2.45) is 0 Å². The molecule has 0 amide bonds. The summed E-state index contributed by atoms with van der Waals surface area (Å²) in [7, 11) is 0. The minimum absolute atomic E-state index is 0.0812. The number of rotatable bonds is 1. The van der Waals surface area contributed by atoms with Crippen molar-refractivity contribution in [2.75, 3.05) is 13.1 Å². The number of hydrogen-bond acceptors (Lipinski definition) is 2. The molecule has 0 aromatic carbocycles. The van der Waals surface area contributed by atoms with Crippen LogP contribution in [0.25, 0.3) is 0 Å². The van der Waals surface area contributed by atoms with E-state index in [0.29, 0.717) is 0 Å². The maximum atomic E-state index is 11.4. The lowest BCUT2D eigenvalue weighted by atomic mass is 10.2. The standard InChI is InChI=1S/C10H15N3O/c14-10-8-3-5-13(7-1-2-7)6-4-9(8)11-12-10/h7H,1-6H2,(H2,11,12,14). The van der Waals surface area contributed by atoms with Crippen LogP contribution in [0.5, 0.6) is 0 Å². The fourth-order valence-corrected chi connectivity index (χ4v) is 2.33. The van der Waals surface area contributed by atoms with E-state index in [1.807, 2.05) is 0 Å². The van der Waals surface area contributed by atoms with Crippen LogP contribution in [0, 0.1) is 0 Å². The predicted molar refractivity (Wildman–Crippen MR) is 53.4 cm³/mol. The highest BCUT2D eigenvalue weighted by Gasteiger charge is 2.30.